The zero-order valence-electron chi connectivity index (χ0n) is 13.8. The maximum absolute atomic E-state index is 11.7. The Morgan fingerprint density at radius 3 is 2.62 bits per heavy atom. The molecule has 0 aliphatic carbocycles. The Morgan fingerprint density at radius 1 is 1.15 bits per heavy atom. The van der Waals surface area contributed by atoms with Crippen molar-refractivity contribution in [3.63, 3.8) is 0 Å². The number of halogens is 2. The SMILES string of the molecule is CCOC(=O)c1ccc(Nc2cc(-c3cccnc3Cl)ncn2)cc1.Cl. The average Bonchev–Trinajstić information content (AvgIpc) is 2.63. The van der Waals surface area contributed by atoms with Gasteiger partial charge in [0.05, 0.1) is 17.9 Å². The van der Waals surface area contributed by atoms with E-state index in [1.54, 1.807) is 49.5 Å². The van der Waals surface area contributed by atoms with Crippen LogP contribution in [-0.2, 0) is 4.74 Å². The topological polar surface area (TPSA) is 77.0 Å². The Kier molecular flexibility index (Phi) is 6.89. The van der Waals surface area contributed by atoms with Crippen LogP contribution in [0.3, 0.4) is 0 Å². The van der Waals surface area contributed by atoms with Crippen molar-refractivity contribution >= 4 is 41.5 Å². The molecule has 0 unspecified atom stereocenters. The fourth-order valence-electron chi connectivity index (χ4n) is 2.20. The summed E-state index contributed by atoms with van der Waals surface area (Å²) in [7, 11) is 0. The van der Waals surface area contributed by atoms with Crippen LogP contribution in [0.1, 0.15) is 17.3 Å². The van der Waals surface area contributed by atoms with E-state index >= 15 is 0 Å². The van der Waals surface area contributed by atoms with Crippen LogP contribution >= 0.6 is 24.0 Å². The molecule has 2 heterocycles. The summed E-state index contributed by atoms with van der Waals surface area (Å²) in [5.41, 5.74) is 2.68. The number of hydrogen-bond acceptors (Lipinski definition) is 6. The van der Waals surface area contributed by atoms with E-state index in [1.165, 1.54) is 6.33 Å². The number of carbonyl (C=O) groups is 1. The summed E-state index contributed by atoms with van der Waals surface area (Å²) in [6.45, 7) is 2.12. The zero-order chi connectivity index (χ0) is 17.6. The van der Waals surface area contributed by atoms with Gasteiger partial charge in [-0.05, 0) is 43.3 Å². The lowest BCUT2D eigenvalue weighted by molar-refractivity contribution is 0.0526. The van der Waals surface area contributed by atoms with E-state index in [9.17, 15) is 4.79 Å². The van der Waals surface area contributed by atoms with Gasteiger partial charge >= 0.3 is 5.97 Å². The average molecular weight is 391 g/mol. The summed E-state index contributed by atoms with van der Waals surface area (Å²) < 4.78 is 4.96. The molecular weight excluding hydrogens is 375 g/mol. The van der Waals surface area contributed by atoms with E-state index in [-0.39, 0.29) is 18.4 Å². The third kappa shape index (κ3) is 4.68. The molecule has 0 radical (unpaired) electrons. The summed E-state index contributed by atoms with van der Waals surface area (Å²) in [5.74, 6) is 0.262. The lowest BCUT2D eigenvalue weighted by Gasteiger charge is -2.08. The highest BCUT2D eigenvalue weighted by Crippen LogP contribution is 2.26. The van der Waals surface area contributed by atoms with Gasteiger partial charge in [-0.25, -0.2) is 19.7 Å². The van der Waals surface area contributed by atoms with Crippen LogP contribution in [0.15, 0.2) is 55.0 Å². The van der Waals surface area contributed by atoms with E-state index < -0.39 is 0 Å². The Bertz CT molecular complexity index is 888. The lowest BCUT2D eigenvalue weighted by atomic mass is 10.2. The molecule has 0 fully saturated rings. The zero-order valence-corrected chi connectivity index (χ0v) is 15.4. The van der Waals surface area contributed by atoms with Gasteiger partial charge in [0.25, 0.3) is 0 Å². The van der Waals surface area contributed by atoms with Gasteiger partial charge in [-0.1, -0.05) is 11.6 Å². The predicted molar refractivity (Wildman–Crippen MR) is 103 cm³/mol. The summed E-state index contributed by atoms with van der Waals surface area (Å²) >= 11 is 6.11. The van der Waals surface area contributed by atoms with E-state index in [2.05, 4.69) is 20.3 Å². The molecule has 1 N–H and O–H groups in total. The molecule has 3 rings (SSSR count). The molecule has 6 nitrogen and oxygen atoms in total. The van der Waals surface area contributed by atoms with Gasteiger partial charge in [0.1, 0.15) is 17.3 Å². The molecule has 26 heavy (non-hydrogen) atoms. The van der Waals surface area contributed by atoms with Crippen LogP contribution in [0.5, 0.6) is 0 Å². The van der Waals surface area contributed by atoms with Gasteiger partial charge < -0.3 is 10.1 Å². The normalized spacial score (nSPS) is 9.92. The minimum Gasteiger partial charge on any atom is -0.462 e. The minimum atomic E-state index is -0.343. The molecule has 1 aromatic carbocycles. The van der Waals surface area contributed by atoms with Crippen molar-refractivity contribution in [1.82, 2.24) is 15.0 Å². The molecule has 0 aliphatic heterocycles. The molecule has 0 bridgehead atoms. The molecule has 0 aliphatic rings. The predicted octanol–water partition coefficient (Wildman–Crippen LogP) is 4.53. The molecule has 0 atom stereocenters. The number of nitrogens with one attached hydrogen (secondary N) is 1. The standard InChI is InChI=1S/C18H15ClN4O2.ClH/c1-2-25-18(24)12-5-7-13(8-6-12)23-16-10-15(21-11-22-16)14-4-3-9-20-17(14)19;/h3-11H,2H2,1H3,(H,21,22,23);1H. The first-order valence-corrected chi connectivity index (χ1v) is 8.02. The number of benzene rings is 1. The molecule has 0 spiro atoms. The van der Waals surface area contributed by atoms with Crippen LogP contribution in [0.2, 0.25) is 5.15 Å². The largest absolute Gasteiger partial charge is 0.462 e. The number of pyridine rings is 1. The number of aromatic nitrogens is 3. The van der Waals surface area contributed by atoms with Gasteiger partial charge in [0, 0.05) is 23.5 Å². The first kappa shape index (κ1) is 19.6. The maximum atomic E-state index is 11.7. The molecule has 3 aromatic rings. The van der Waals surface area contributed by atoms with E-state index in [1.807, 2.05) is 6.07 Å². The quantitative estimate of drug-likeness (QED) is 0.509. The van der Waals surface area contributed by atoms with Crippen LogP contribution in [0, 0.1) is 0 Å². The number of anilines is 2. The van der Waals surface area contributed by atoms with Gasteiger partial charge in [-0.2, -0.15) is 0 Å². The monoisotopic (exact) mass is 390 g/mol. The number of carbonyl (C=O) groups excluding carboxylic acids is 1. The Labute approximate surface area is 162 Å². The van der Waals surface area contributed by atoms with Crippen molar-refractivity contribution < 1.29 is 9.53 Å². The van der Waals surface area contributed by atoms with Crippen molar-refractivity contribution in [3.05, 3.63) is 65.7 Å². The molecule has 0 saturated heterocycles. The summed E-state index contributed by atoms with van der Waals surface area (Å²) in [6.07, 6.45) is 3.07. The van der Waals surface area contributed by atoms with Crippen molar-refractivity contribution in [3.8, 4) is 11.3 Å². The molecule has 0 saturated carbocycles. The van der Waals surface area contributed by atoms with Crippen molar-refractivity contribution in [1.29, 1.82) is 0 Å². The minimum absolute atomic E-state index is 0. The van der Waals surface area contributed by atoms with Crippen molar-refractivity contribution in [2.45, 2.75) is 6.92 Å². The molecule has 0 amide bonds. The number of hydrogen-bond donors (Lipinski definition) is 1. The molecule has 8 heteroatoms. The third-order valence-corrected chi connectivity index (χ3v) is 3.67. The van der Waals surface area contributed by atoms with E-state index in [0.29, 0.717) is 28.8 Å². The van der Waals surface area contributed by atoms with Crippen LogP contribution in [-0.4, -0.2) is 27.5 Å². The summed E-state index contributed by atoms with van der Waals surface area (Å²) in [6, 6.07) is 12.4. The Balaban J connectivity index is 0.00000243. The second-order valence-electron chi connectivity index (χ2n) is 5.05. The number of rotatable bonds is 5. The van der Waals surface area contributed by atoms with Crippen LogP contribution in [0.25, 0.3) is 11.3 Å². The van der Waals surface area contributed by atoms with Gasteiger partial charge in [-0.3, -0.25) is 0 Å². The number of esters is 1. The smallest absolute Gasteiger partial charge is 0.338 e. The third-order valence-electron chi connectivity index (χ3n) is 3.37. The number of nitrogens with zero attached hydrogens (tertiary/aromatic N) is 3. The van der Waals surface area contributed by atoms with Crippen molar-refractivity contribution in [2.24, 2.45) is 0 Å². The van der Waals surface area contributed by atoms with Gasteiger partial charge in [0.2, 0.25) is 0 Å². The highest BCUT2D eigenvalue weighted by molar-refractivity contribution is 6.32. The Hall–Kier alpha value is -2.70. The molecular formula is C18H16Cl2N4O2. The fraction of sp³-hybridized carbons (Fsp3) is 0.111. The number of ether oxygens (including phenoxy) is 1. The van der Waals surface area contributed by atoms with Crippen LogP contribution < -0.4 is 5.32 Å². The first-order valence-electron chi connectivity index (χ1n) is 7.64. The lowest BCUT2D eigenvalue weighted by Crippen LogP contribution is -2.04. The molecule has 2 aromatic heterocycles. The first-order chi connectivity index (χ1) is 12.2. The Morgan fingerprint density at radius 2 is 1.92 bits per heavy atom. The van der Waals surface area contributed by atoms with Crippen molar-refractivity contribution in [2.75, 3.05) is 11.9 Å². The summed E-state index contributed by atoms with van der Waals surface area (Å²) in [4.78, 5) is 24.1. The van der Waals surface area contributed by atoms with E-state index in [0.717, 1.165) is 11.3 Å². The van der Waals surface area contributed by atoms with Gasteiger partial charge in [-0.15, -0.1) is 12.4 Å². The van der Waals surface area contributed by atoms with Gasteiger partial charge in [0.15, 0.2) is 0 Å². The highest BCUT2D eigenvalue weighted by atomic mass is 35.5. The van der Waals surface area contributed by atoms with Crippen LogP contribution in [0.4, 0.5) is 11.5 Å². The maximum Gasteiger partial charge on any atom is 0.338 e. The second-order valence-corrected chi connectivity index (χ2v) is 5.41. The highest BCUT2D eigenvalue weighted by Gasteiger charge is 2.08. The fourth-order valence-corrected chi connectivity index (χ4v) is 2.42. The van der Waals surface area contributed by atoms with E-state index in [4.69, 9.17) is 16.3 Å². The molecule has 134 valence electrons. The second kappa shape index (κ2) is 9.12. The summed E-state index contributed by atoms with van der Waals surface area (Å²) in [5, 5.41) is 3.55.